The predicted molar refractivity (Wildman–Crippen MR) is 76.6 cm³/mol. The third-order valence-corrected chi connectivity index (χ3v) is 3.54. The molecule has 1 aliphatic heterocycles. The molecule has 2 aromatic carbocycles. The summed E-state index contributed by atoms with van der Waals surface area (Å²) in [6.45, 7) is 6.11. The van der Waals surface area contributed by atoms with Crippen molar-refractivity contribution in [2.75, 3.05) is 7.11 Å². The monoisotopic (exact) mass is 253 g/mol. The number of hydrogen-bond acceptors (Lipinski definition) is 2. The lowest BCUT2D eigenvalue weighted by Gasteiger charge is -2.13. The molecule has 0 aromatic heterocycles. The number of methoxy groups -OCH3 is 1. The zero-order valence-corrected chi connectivity index (χ0v) is 11.3. The van der Waals surface area contributed by atoms with Gasteiger partial charge in [-0.1, -0.05) is 24.3 Å². The van der Waals surface area contributed by atoms with Crippen molar-refractivity contribution < 1.29 is 9.47 Å². The summed E-state index contributed by atoms with van der Waals surface area (Å²) in [4.78, 5) is 0. The van der Waals surface area contributed by atoms with Crippen LogP contribution in [0.4, 0.5) is 0 Å². The molecule has 1 atom stereocenters. The van der Waals surface area contributed by atoms with Gasteiger partial charge in [0, 0.05) is 17.5 Å². The summed E-state index contributed by atoms with van der Waals surface area (Å²) in [5.74, 6) is 1.82. The second kappa shape index (κ2) is 4.61. The fourth-order valence-corrected chi connectivity index (χ4v) is 2.60. The fourth-order valence-electron chi connectivity index (χ4n) is 2.60. The first kappa shape index (κ1) is 12.1. The highest BCUT2D eigenvalue weighted by Crippen LogP contribution is 2.42. The van der Waals surface area contributed by atoms with E-state index < -0.39 is 0 Å². The molecule has 19 heavy (non-hydrogen) atoms. The topological polar surface area (TPSA) is 18.5 Å². The molecule has 3 rings (SSSR count). The van der Waals surface area contributed by atoms with Crippen LogP contribution in [0.5, 0.6) is 11.5 Å². The van der Waals surface area contributed by atoms with Gasteiger partial charge in [-0.15, -0.1) is 0 Å². The number of aryl methyl sites for hydroxylation is 1. The average molecular weight is 253 g/mol. The lowest BCUT2D eigenvalue weighted by Crippen LogP contribution is -2.06. The minimum Gasteiger partial charge on any atom is -0.497 e. The Morgan fingerprint density at radius 3 is 2.74 bits per heavy atom. The van der Waals surface area contributed by atoms with E-state index in [1.54, 1.807) is 7.11 Å². The number of rotatable bonds is 2. The lowest BCUT2D eigenvalue weighted by atomic mass is 9.97. The molecule has 0 bridgehead atoms. The van der Waals surface area contributed by atoms with Gasteiger partial charge in [-0.2, -0.15) is 0 Å². The van der Waals surface area contributed by atoms with Gasteiger partial charge >= 0.3 is 0 Å². The first-order valence-electron chi connectivity index (χ1n) is 6.45. The van der Waals surface area contributed by atoms with Gasteiger partial charge in [0.15, 0.2) is 0 Å². The van der Waals surface area contributed by atoms with Crippen LogP contribution in [0.1, 0.15) is 11.1 Å². The summed E-state index contributed by atoms with van der Waals surface area (Å²) in [5, 5.41) is 0. The van der Waals surface area contributed by atoms with Crippen LogP contribution in [0, 0.1) is 13.8 Å². The summed E-state index contributed by atoms with van der Waals surface area (Å²) in [5.41, 5.74) is 4.69. The molecule has 1 aliphatic rings. The Balaban J connectivity index is 2.21. The molecule has 0 saturated heterocycles. The lowest BCUT2D eigenvalue weighted by molar-refractivity contribution is 0.282. The molecule has 1 heterocycles. The smallest absolute Gasteiger partial charge is 0.131 e. The summed E-state index contributed by atoms with van der Waals surface area (Å²) in [6.07, 6.45) is 0.829. The third kappa shape index (κ3) is 2.07. The second-order valence-corrected chi connectivity index (χ2v) is 4.92. The molecule has 0 saturated carbocycles. The third-order valence-electron chi connectivity index (χ3n) is 3.54. The molecule has 1 unspecified atom stereocenters. The summed E-state index contributed by atoms with van der Waals surface area (Å²) in [6, 6.07) is 12.4. The SMILES string of the molecule is [CH2]C1Cc2cc(OC)cc(-c3ccccc3C)c2O1. The molecule has 2 heteroatoms. The van der Waals surface area contributed by atoms with E-state index in [1.165, 1.54) is 16.7 Å². The Hall–Kier alpha value is -1.96. The first-order valence-corrected chi connectivity index (χ1v) is 6.45. The van der Waals surface area contributed by atoms with Crippen molar-refractivity contribution >= 4 is 0 Å². The van der Waals surface area contributed by atoms with Gasteiger partial charge in [0.25, 0.3) is 0 Å². The standard InChI is InChI=1S/C17H17O2/c1-11-6-4-5-7-15(11)16-10-14(18-3)9-13-8-12(2)19-17(13)16/h4-7,9-10,12H,2,8H2,1,3H3. The largest absolute Gasteiger partial charge is 0.497 e. The Morgan fingerprint density at radius 2 is 2.00 bits per heavy atom. The van der Waals surface area contributed by atoms with Crippen LogP contribution >= 0.6 is 0 Å². The zero-order valence-electron chi connectivity index (χ0n) is 11.3. The van der Waals surface area contributed by atoms with Gasteiger partial charge in [0.2, 0.25) is 0 Å². The highest BCUT2D eigenvalue weighted by Gasteiger charge is 2.24. The van der Waals surface area contributed by atoms with Gasteiger partial charge in [-0.25, -0.2) is 0 Å². The molecule has 0 spiro atoms. The average Bonchev–Trinajstić information content (AvgIpc) is 2.78. The second-order valence-electron chi connectivity index (χ2n) is 4.92. The normalized spacial score (nSPS) is 16.9. The Labute approximate surface area is 114 Å². The van der Waals surface area contributed by atoms with Crippen LogP contribution in [-0.4, -0.2) is 13.2 Å². The maximum Gasteiger partial charge on any atom is 0.131 e. The van der Waals surface area contributed by atoms with Crippen molar-refractivity contribution in [3.05, 3.63) is 54.4 Å². The van der Waals surface area contributed by atoms with Gasteiger partial charge in [-0.05, 0) is 37.1 Å². The predicted octanol–water partition coefficient (Wildman–Crippen LogP) is 3.81. The van der Waals surface area contributed by atoms with Crippen LogP contribution in [0.2, 0.25) is 0 Å². The van der Waals surface area contributed by atoms with Crippen molar-refractivity contribution in [3.63, 3.8) is 0 Å². The van der Waals surface area contributed by atoms with Crippen molar-refractivity contribution in [3.8, 4) is 22.6 Å². The van der Waals surface area contributed by atoms with Crippen LogP contribution < -0.4 is 9.47 Å². The van der Waals surface area contributed by atoms with Crippen molar-refractivity contribution in [2.24, 2.45) is 0 Å². The molecule has 2 nitrogen and oxygen atoms in total. The van der Waals surface area contributed by atoms with E-state index in [1.807, 2.05) is 24.3 Å². The minimum absolute atomic E-state index is 0.00938. The summed E-state index contributed by atoms with van der Waals surface area (Å²) >= 11 is 0. The van der Waals surface area contributed by atoms with E-state index >= 15 is 0 Å². The number of fused-ring (bicyclic) bond motifs is 1. The van der Waals surface area contributed by atoms with E-state index in [0.717, 1.165) is 23.5 Å². The van der Waals surface area contributed by atoms with E-state index in [4.69, 9.17) is 9.47 Å². The fraction of sp³-hybridized carbons (Fsp3) is 0.235. The highest BCUT2D eigenvalue weighted by atomic mass is 16.5. The maximum absolute atomic E-state index is 5.88. The van der Waals surface area contributed by atoms with Crippen molar-refractivity contribution in [1.82, 2.24) is 0 Å². The van der Waals surface area contributed by atoms with Crippen molar-refractivity contribution in [1.29, 1.82) is 0 Å². The molecular formula is C17H17O2. The molecule has 0 fully saturated rings. The Kier molecular flexibility index (Phi) is 2.94. The minimum atomic E-state index is -0.00938. The maximum atomic E-state index is 5.88. The molecule has 0 amide bonds. The van der Waals surface area contributed by atoms with E-state index in [0.29, 0.717) is 0 Å². The van der Waals surface area contributed by atoms with Crippen LogP contribution in [0.3, 0.4) is 0 Å². The molecule has 2 aromatic rings. The first-order chi connectivity index (χ1) is 9.19. The van der Waals surface area contributed by atoms with Gasteiger partial charge in [0.05, 0.1) is 7.11 Å². The molecule has 0 aliphatic carbocycles. The van der Waals surface area contributed by atoms with E-state index in [-0.39, 0.29) is 6.10 Å². The molecule has 1 radical (unpaired) electrons. The molecule has 97 valence electrons. The number of benzene rings is 2. The van der Waals surface area contributed by atoms with E-state index in [9.17, 15) is 0 Å². The van der Waals surface area contributed by atoms with Crippen LogP contribution in [0.25, 0.3) is 11.1 Å². The Morgan fingerprint density at radius 1 is 1.21 bits per heavy atom. The molecular weight excluding hydrogens is 236 g/mol. The van der Waals surface area contributed by atoms with Crippen LogP contribution in [0.15, 0.2) is 36.4 Å². The Bertz CT molecular complexity index is 617. The van der Waals surface area contributed by atoms with Crippen LogP contribution in [-0.2, 0) is 6.42 Å². The number of ether oxygens (including phenoxy) is 2. The van der Waals surface area contributed by atoms with Gasteiger partial charge in [0.1, 0.15) is 17.6 Å². The van der Waals surface area contributed by atoms with E-state index in [2.05, 4.69) is 26.0 Å². The highest BCUT2D eigenvalue weighted by molar-refractivity contribution is 5.77. The zero-order chi connectivity index (χ0) is 13.4. The molecule has 0 N–H and O–H groups in total. The van der Waals surface area contributed by atoms with Crippen molar-refractivity contribution in [2.45, 2.75) is 19.4 Å². The van der Waals surface area contributed by atoms with Gasteiger partial charge < -0.3 is 9.47 Å². The summed E-state index contributed by atoms with van der Waals surface area (Å²) < 4.78 is 11.3. The summed E-state index contributed by atoms with van der Waals surface area (Å²) in [7, 11) is 1.70. The quantitative estimate of drug-likeness (QED) is 0.810. The number of hydrogen-bond donors (Lipinski definition) is 0. The van der Waals surface area contributed by atoms with Gasteiger partial charge in [-0.3, -0.25) is 0 Å².